The Morgan fingerprint density at radius 2 is 1.17 bits per heavy atom. The highest BCUT2D eigenvalue weighted by Gasteiger charge is 2.36. The molecule has 3 aromatic rings. The van der Waals surface area contributed by atoms with Crippen LogP contribution in [0.1, 0.15) is 23.6 Å². The van der Waals surface area contributed by atoms with Gasteiger partial charge in [-0.05, 0) is 12.5 Å². The van der Waals surface area contributed by atoms with Gasteiger partial charge in [0.15, 0.2) is 0 Å². The molecule has 0 bridgehead atoms. The summed E-state index contributed by atoms with van der Waals surface area (Å²) in [5, 5.41) is 9.87. The monoisotopic (exact) mass is 317 g/mol. The molecule has 0 aliphatic heterocycles. The van der Waals surface area contributed by atoms with E-state index in [1.165, 1.54) is 0 Å². The summed E-state index contributed by atoms with van der Waals surface area (Å²) < 4.78 is 0. The van der Waals surface area contributed by atoms with E-state index in [0.29, 0.717) is 0 Å². The molecule has 0 heterocycles. The molecule has 120 valence electrons. The molecule has 0 aliphatic rings. The first-order valence-electron chi connectivity index (χ1n) is 7.82. The summed E-state index contributed by atoms with van der Waals surface area (Å²) in [7, 11) is 0. The van der Waals surface area contributed by atoms with Crippen LogP contribution in [-0.4, -0.2) is 11.0 Å². The summed E-state index contributed by atoms with van der Waals surface area (Å²) in [6.45, 7) is 1.91. The fourth-order valence-corrected chi connectivity index (χ4v) is 2.73. The second kappa shape index (κ2) is 7.21. The van der Waals surface area contributed by atoms with E-state index in [1.807, 2.05) is 97.9 Å². The number of aliphatic imine (C=N–C) groups is 1. The summed E-state index contributed by atoms with van der Waals surface area (Å²) in [5.41, 5.74) is 1.97. The maximum atomic E-state index is 9.87. The molecule has 3 rings (SSSR count). The molecule has 0 fully saturated rings. The van der Waals surface area contributed by atoms with Gasteiger partial charge in [0.2, 0.25) is 5.72 Å². The van der Waals surface area contributed by atoms with Gasteiger partial charge in [-0.25, -0.2) is 10.2 Å². The molecule has 0 saturated carbocycles. The minimum atomic E-state index is -1.30. The van der Waals surface area contributed by atoms with E-state index in [9.17, 15) is 5.26 Å². The quantitative estimate of drug-likeness (QED) is 0.414. The third-order valence-electron chi connectivity index (χ3n) is 3.98. The van der Waals surface area contributed by atoms with Crippen LogP contribution in [0.15, 0.2) is 96.0 Å². The number of rotatable bonds is 5. The van der Waals surface area contributed by atoms with Crippen molar-refractivity contribution in [2.24, 2.45) is 4.99 Å². The summed E-state index contributed by atoms with van der Waals surface area (Å²) in [6, 6.07) is 28.9. The zero-order valence-electron chi connectivity index (χ0n) is 13.5. The van der Waals surface area contributed by atoms with Crippen LogP contribution in [0.25, 0.3) is 0 Å². The van der Waals surface area contributed by atoms with Gasteiger partial charge in [-0.3, -0.25) is 0 Å². The molecule has 0 saturated heterocycles. The van der Waals surface area contributed by atoms with E-state index in [0.717, 1.165) is 22.4 Å². The molecule has 0 spiro atoms. The lowest BCUT2D eigenvalue weighted by Gasteiger charge is -2.28. The second-order valence-electron chi connectivity index (χ2n) is 5.53. The Kier molecular flexibility index (Phi) is 4.85. The van der Waals surface area contributed by atoms with E-state index < -0.39 is 5.72 Å². The first-order chi connectivity index (χ1) is 11.8. The van der Waals surface area contributed by atoms with E-state index in [2.05, 4.69) is 0 Å². The second-order valence-corrected chi connectivity index (χ2v) is 5.53. The number of nitrogens with zero attached hydrogens (tertiary/aromatic N) is 1. The van der Waals surface area contributed by atoms with Gasteiger partial charge in [0.25, 0.3) is 0 Å². The topological polar surface area (TPSA) is 41.8 Å². The van der Waals surface area contributed by atoms with Crippen LogP contribution in [0.4, 0.5) is 0 Å². The van der Waals surface area contributed by atoms with Crippen molar-refractivity contribution < 1.29 is 10.1 Å². The molecule has 0 unspecified atom stereocenters. The van der Waals surface area contributed by atoms with Crippen LogP contribution in [-0.2, 0) is 10.6 Å². The normalized spacial score (nSPS) is 12.2. The number of hydrogen-bond acceptors (Lipinski definition) is 3. The Morgan fingerprint density at radius 3 is 1.58 bits per heavy atom. The summed E-state index contributed by atoms with van der Waals surface area (Å²) in [5.74, 6) is 0. The van der Waals surface area contributed by atoms with Gasteiger partial charge in [0, 0.05) is 16.8 Å². The maximum absolute atomic E-state index is 9.87. The SMILES string of the molecule is C/C(=N\C(OO)(c1ccccc1)c1ccccc1)c1ccccc1. The lowest BCUT2D eigenvalue weighted by atomic mass is 9.94. The fraction of sp³-hybridized carbons (Fsp3) is 0.0952. The molecule has 3 aromatic carbocycles. The smallest absolute Gasteiger partial charge is 0.243 e. The lowest BCUT2D eigenvalue weighted by Crippen LogP contribution is -2.29. The molecule has 24 heavy (non-hydrogen) atoms. The first kappa shape index (κ1) is 16.1. The maximum Gasteiger partial charge on any atom is 0.243 e. The minimum Gasteiger partial charge on any atom is -0.249 e. The Hall–Kier alpha value is -2.75. The van der Waals surface area contributed by atoms with Gasteiger partial charge < -0.3 is 0 Å². The Balaban J connectivity index is 2.19. The van der Waals surface area contributed by atoms with Gasteiger partial charge in [0.1, 0.15) is 0 Å². The largest absolute Gasteiger partial charge is 0.249 e. The van der Waals surface area contributed by atoms with Crippen molar-refractivity contribution in [1.29, 1.82) is 0 Å². The van der Waals surface area contributed by atoms with Crippen LogP contribution in [0.2, 0.25) is 0 Å². The molecule has 3 nitrogen and oxygen atoms in total. The van der Waals surface area contributed by atoms with Gasteiger partial charge in [0.05, 0.1) is 0 Å². The molecular formula is C21H19NO2. The molecule has 0 radical (unpaired) electrons. The van der Waals surface area contributed by atoms with Gasteiger partial charge >= 0.3 is 0 Å². The average Bonchev–Trinajstić information content (AvgIpc) is 2.68. The average molecular weight is 317 g/mol. The Labute approximate surface area is 141 Å². The summed E-state index contributed by atoms with van der Waals surface area (Å²) in [6.07, 6.45) is 0. The van der Waals surface area contributed by atoms with Crippen LogP contribution >= 0.6 is 0 Å². The molecule has 3 heteroatoms. The fourth-order valence-electron chi connectivity index (χ4n) is 2.73. The molecule has 0 amide bonds. The molecule has 0 aliphatic carbocycles. The molecular weight excluding hydrogens is 298 g/mol. The van der Waals surface area contributed by atoms with Gasteiger partial charge in [-0.15, -0.1) is 0 Å². The minimum absolute atomic E-state index is 0.758. The van der Waals surface area contributed by atoms with Crippen LogP contribution in [0, 0.1) is 0 Å². The van der Waals surface area contributed by atoms with E-state index in [1.54, 1.807) is 0 Å². The van der Waals surface area contributed by atoms with Crippen molar-refractivity contribution in [1.82, 2.24) is 0 Å². The van der Waals surface area contributed by atoms with Gasteiger partial charge in [-0.2, -0.15) is 4.89 Å². The van der Waals surface area contributed by atoms with Crippen molar-refractivity contribution in [3.8, 4) is 0 Å². The third kappa shape index (κ3) is 3.13. The first-order valence-corrected chi connectivity index (χ1v) is 7.82. The van der Waals surface area contributed by atoms with Crippen LogP contribution < -0.4 is 0 Å². The number of benzene rings is 3. The highest BCUT2D eigenvalue weighted by Crippen LogP contribution is 2.35. The Morgan fingerprint density at radius 1 is 0.750 bits per heavy atom. The number of hydrogen-bond donors (Lipinski definition) is 1. The van der Waals surface area contributed by atoms with E-state index in [4.69, 9.17) is 9.88 Å². The highest BCUT2D eigenvalue weighted by atomic mass is 17.1. The molecule has 1 N–H and O–H groups in total. The van der Waals surface area contributed by atoms with Crippen molar-refractivity contribution in [2.45, 2.75) is 12.6 Å². The van der Waals surface area contributed by atoms with Crippen LogP contribution in [0.5, 0.6) is 0 Å². The van der Waals surface area contributed by atoms with E-state index in [-0.39, 0.29) is 0 Å². The Bertz CT molecular complexity index is 760. The van der Waals surface area contributed by atoms with Crippen molar-refractivity contribution in [2.75, 3.05) is 0 Å². The van der Waals surface area contributed by atoms with Crippen molar-refractivity contribution in [3.05, 3.63) is 108 Å². The van der Waals surface area contributed by atoms with Crippen molar-refractivity contribution >= 4 is 5.71 Å². The zero-order chi connectivity index (χ0) is 16.8. The standard InChI is InChI=1S/C21H19NO2/c1-17(18-11-5-2-6-12-18)22-21(24-23,19-13-7-3-8-14-19)20-15-9-4-10-16-20/h2-16,23H,1H3/b22-17+. The van der Waals surface area contributed by atoms with E-state index >= 15 is 0 Å². The van der Waals surface area contributed by atoms with Gasteiger partial charge in [-0.1, -0.05) is 91.0 Å². The summed E-state index contributed by atoms with van der Waals surface area (Å²) in [4.78, 5) is 9.80. The van der Waals surface area contributed by atoms with Crippen LogP contribution in [0.3, 0.4) is 0 Å². The third-order valence-corrected chi connectivity index (χ3v) is 3.98. The summed E-state index contributed by atoms with van der Waals surface area (Å²) >= 11 is 0. The highest BCUT2D eigenvalue weighted by molar-refractivity contribution is 5.99. The molecule has 0 aromatic heterocycles. The predicted molar refractivity (Wildman–Crippen MR) is 96.0 cm³/mol. The zero-order valence-corrected chi connectivity index (χ0v) is 13.5. The molecule has 0 atom stereocenters. The lowest BCUT2D eigenvalue weighted by molar-refractivity contribution is -0.313. The predicted octanol–water partition coefficient (Wildman–Crippen LogP) is 4.89. The van der Waals surface area contributed by atoms with Crippen molar-refractivity contribution in [3.63, 3.8) is 0 Å².